The van der Waals surface area contributed by atoms with E-state index >= 15 is 0 Å². The quantitative estimate of drug-likeness (QED) is 0.517. The van der Waals surface area contributed by atoms with E-state index < -0.39 is 10.0 Å². The maximum atomic E-state index is 13.8. The van der Waals surface area contributed by atoms with E-state index in [0.29, 0.717) is 4.90 Å². The number of methoxy groups -OCH3 is 1. The number of sulfonamides is 1. The zero-order valence-corrected chi connectivity index (χ0v) is 19.2. The van der Waals surface area contributed by atoms with Crippen molar-refractivity contribution in [1.29, 1.82) is 0 Å². The number of nitrogens with zero attached hydrogens (tertiary/aromatic N) is 1. The fourth-order valence-corrected chi connectivity index (χ4v) is 6.04. The lowest BCUT2D eigenvalue weighted by atomic mass is 9.93. The van der Waals surface area contributed by atoms with Crippen LogP contribution < -0.4 is 9.04 Å². The molecule has 162 valence electrons. The van der Waals surface area contributed by atoms with Crippen LogP contribution in [0.3, 0.4) is 0 Å². The molecule has 1 unspecified atom stereocenters. The molecule has 1 atom stereocenters. The first-order valence-corrected chi connectivity index (χ1v) is 12.2. The average Bonchev–Trinajstić information content (AvgIpc) is 2.77. The minimum atomic E-state index is -3.67. The summed E-state index contributed by atoms with van der Waals surface area (Å²) in [6, 6.07) is 21.2. The fourth-order valence-electron chi connectivity index (χ4n) is 4.30. The van der Waals surface area contributed by atoms with Crippen molar-refractivity contribution in [3.8, 4) is 5.75 Å². The molecule has 4 nitrogen and oxygen atoms in total. The minimum absolute atomic E-state index is 0.0909. The van der Waals surface area contributed by atoms with Crippen LogP contribution in [-0.4, -0.2) is 21.6 Å². The molecule has 0 saturated heterocycles. The van der Waals surface area contributed by atoms with Crippen LogP contribution in [-0.2, 0) is 22.9 Å². The first kappa shape index (κ1) is 21.4. The number of fused-ring (bicyclic) bond motifs is 1. The molecule has 0 bridgehead atoms. The Morgan fingerprint density at radius 2 is 1.71 bits per heavy atom. The van der Waals surface area contributed by atoms with Gasteiger partial charge in [-0.25, -0.2) is 8.42 Å². The van der Waals surface area contributed by atoms with Gasteiger partial charge in [0.1, 0.15) is 5.75 Å². The Bertz CT molecular complexity index is 1170. The topological polar surface area (TPSA) is 46.6 Å². The Balaban J connectivity index is 1.70. The van der Waals surface area contributed by atoms with Gasteiger partial charge in [-0.3, -0.25) is 4.31 Å². The lowest BCUT2D eigenvalue weighted by Crippen LogP contribution is -2.44. The van der Waals surface area contributed by atoms with Crippen molar-refractivity contribution in [2.24, 2.45) is 0 Å². The van der Waals surface area contributed by atoms with Crippen molar-refractivity contribution in [3.63, 3.8) is 0 Å². The molecule has 1 aliphatic rings. The molecule has 31 heavy (non-hydrogen) atoms. The fraction of sp³-hybridized carbons (Fsp3) is 0.308. The molecule has 0 aromatic heterocycles. The number of rotatable bonds is 6. The van der Waals surface area contributed by atoms with E-state index in [-0.39, 0.29) is 6.04 Å². The Morgan fingerprint density at radius 1 is 0.968 bits per heavy atom. The van der Waals surface area contributed by atoms with Crippen LogP contribution in [0.25, 0.3) is 0 Å². The van der Waals surface area contributed by atoms with E-state index in [1.54, 1.807) is 23.5 Å². The zero-order valence-electron chi connectivity index (χ0n) is 18.3. The summed E-state index contributed by atoms with van der Waals surface area (Å²) in [5.41, 5.74) is 5.18. The van der Waals surface area contributed by atoms with Gasteiger partial charge in [0.15, 0.2) is 0 Å². The van der Waals surface area contributed by atoms with Crippen molar-refractivity contribution in [2.75, 3.05) is 11.4 Å². The van der Waals surface area contributed by atoms with Crippen LogP contribution in [0, 0.1) is 13.8 Å². The molecular formula is C26H29NO3S. The Kier molecular flexibility index (Phi) is 6.05. The molecule has 5 heteroatoms. The maximum Gasteiger partial charge on any atom is 0.264 e. The predicted molar refractivity (Wildman–Crippen MR) is 125 cm³/mol. The minimum Gasteiger partial charge on any atom is -0.497 e. The molecule has 0 aliphatic carbocycles. The van der Waals surface area contributed by atoms with Crippen molar-refractivity contribution >= 4 is 15.7 Å². The summed E-state index contributed by atoms with van der Waals surface area (Å²) in [7, 11) is -2.00. The van der Waals surface area contributed by atoms with Gasteiger partial charge in [-0.1, -0.05) is 42.0 Å². The number of hydrogen-bond acceptors (Lipinski definition) is 3. The highest BCUT2D eigenvalue weighted by molar-refractivity contribution is 7.92. The third-order valence-corrected chi connectivity index (χ3v) is 7.92. The van der Waals surface area contributed by atoms with Gasteiger partial charge in [-0.15, -0.1) is 0 Å². The normalized spacial score (nSPS) is 16.1. The highest BCUT2D eigenvalue weighted by Crippen LogP contribution is 2.37. The van der Waals surface area contributed by atoms with Crippen LogP contribution >= 0.6 is 0 Å². The number of hydrogen-bond donors (Lipinski definition) is 0. The van der Waals surface area contributed by atoms with Gasteiger partial charge in [0.05, 0.1) is 17.7 Å². The van der Waals surface area contributed by atoms with Gasteiger partial charge in [-0.05, 0) is 86.6 Å². The smallest absolute Gasteiger partial charge is 0.264 e. The molecule has 3 aromatic carbocycles. The third kappa shape index (κ3) is 4.47. The lowest BCUT2D eigenvalue weighted by Gasteiger charge is -2.38. The third-order valence-electron chi connectivity index (χ3n) is 6.03. The van der Waals surface area contributed by atoms with Gasteiger partial charge in [0, 0.05) is 6.04 Å². The van der Waals surface area contributed by atoms with Crippen LogP contribution in [0.15, 0.2) is 71.6 Å². The largest absolute Gasteiger partial charge is 0.497 e. The van der Waals surface area contributed by atoms with Crippen molar-refractivity contribution in [1.82, 2.24) is 0 Å². The van der Waals surface area contributed by atoms with Gasteiger partial charge >= 0.3 is 0 Å². The van der Waals surface area contributed by atoms with E-state index in [9.17, 15) is 8.42 Å². The van der Waals surface area contributed by atoms with Gasteiger partial charge in [0.25, 0.3) is 10.0 Å². The molecule has 0 fully saturated rings. The van der Waals surface area contributed by atoms with E-state index in [0.717, 1.165) is 59.4 Å². The first-order chi connectivity index (χ1) is 14.9. The molecule has 3 aromatic rings. The van der Waals surface area contributed by atoms with E-state index in [2.05, 4.69) is 18.2 Å². The van der Waals surface area contributed by atoms with E-state index in [4.69, 9.17) is 4.74 Å². The van der Waals surface area contributed by atoms with Crippen LogP contribution in [0.2, 0.25) is 0 Å². The number of benzene rings is 3. The summed E-state index contributed by atoms with van der Waals surface area (Å²) in [5, 5.41) is 0. The highest BCUT2D eigenvalue weighted by Gasteiger charge is 2.35. The van der Waals surface area contributed by atoms with Crippen LogP contribution in [0.5, 0.6) is 5.75 Å². The summed E-state index contributed by atoms with van der Waals surface area (Å²) >= 11 is 0. The number of aryl methyl sites for hydroxylation is 4. The zero-order chi connectivity index (χ0) is 22.0. The molecule has 0 saturated carbocycles. The van der Waals surface area contributed by atoms with Crippen molar-refractivity contribution < 1.29 is 13.2 Å². The number of ether oxygens (including phenoxy) is 1. The highest BCUT2D eigenvalue weighted by atomic mass is 32.2. The maximum absolute atomic E-state index is 13.8. The summed E-state index contributed by atoms with van der Waals surface area (Å²) < 4.78 is 34.6. The standard InChI is InChI=1S/C26H29NO3S/c1-19-8-15-25(16-9-19)31(28,29)27-23(13-10-21-5-4-6-24(18-21)30-3)14-12-22-11-7-20(2)17-26(22)27/h4-9,11,15-18,23H,10,12-14H2,1-3H3. The van der Waals surface area contributed by atoms with E-state index in [1.165, 1.54) is 0 Å². The molecule has 0 spiro atoms. The molecule has 0 N–H and O–H groups in total. The lowest BCUT2D eigenvalue weighted by molar-refractivity contribution is 0.414. The predicted octanol–water partition coefficient (Wildman–Crippen LogP) is 5.45. The SMILES string of the molecule is COc1cccc(CCC2CCc3ccc(C)cc3N2S(=O)(=O)c2ccc(C)cc2)c1. The van der Waals surface area contributed by atoms with Crippen molar-refractivity contribution in [3.05, 3.63) is 89.0 Å². The molecular weight excluding hydrogens is 406 g/mol. The van der Waals surface area contributed by atoms with Gasteiger partial charge < -0.3 is 4.74 Å². The second kappa shape index (κ2) is 8.75. The van der Waals surface area contributed by atoms with Gasteiger partial charge in [0.2, 0.25) is 0 Å². The summed E-state index contributed by atoms with van der Waals surface area (Å²) in [6.07, 6.45) is 3.25. The Hall–Kier alpha value is -2.79. The Labute approximate surface area is 185 Å². The van der Waals surface area contributed by atoms with Crippen LogP contribution in [0.4, 0.5) is 5.69 Å². The van der Waals surface area contributed by atoms with Gasteiger partial charge in [-0.2, -0.15) is 0 Å². The molecule has 1 aliphatic heterocycles. The van der Waals surface area contributed by atoms with Crippen LogP contribution in [0.1, 0.15) is 35.1 Å². The second-order valence-corrected chi connectivity index (χ2v) is 10.1. The average molecular weight is 436 g/mol. The molecule has 1 heterocycles. The summed E-state index contributed by atoms with van der Waals surface area (Å²) in [5.74, 6) is 0.825. The van der Waals surface area contributed by atoms with E-state index in [1.807, 2.05) is 50.2 Å². The monoisotopic (exact) mass is 435 g/mol. The van der Waals surface area contributed by atoms with Crippen molar-refractivity contribution in [2.45, 2.75) is 50.5 Å². The Morgan fingerprint density at radius 3 is 2.45 bits per heavy atom. The summed E-state index contributed by atoms with van der Waals surface area (Å²) in [6.45, 7) is 3.98. The molecule has 0 amide bonds. The second-order valence-electron chi connectivity index (χ2n) is 8.33. The molecule has 4 rings (SSSR count). The summed E-state index contributed by atoms with van der Waals surface area (Å²) in [4.78, 5) is 0.346. The molecule has 0 radical (unpaired) electrons. The first-order valence-electron chi connectivity index (χ1n) is 10.7. The number of anilines is 1.